The second kappa shape index (κ2) is 5.27. The van der Waals surface area contributed by atoms with E-state index in [-0.39, 0.29) is 5.54 Å². The van der Waals surface area contributed by atoms with Crippen LogP contribution in [0.25, 0.3) is 0 Å². The molecule has 72 valence electrons. The number of nitrogens with one attached hydrogen (secondary N) is 1. The first-order chi connectivity index (χ1) is 5.52. The molecule has 0 heterocycles. The van der Waals surface area contributed by atoms with E-state index in [0.717, 1.165) is 6.54 Å². The quantitative estimate of drug-likeness (QED) is 0.619. The molecule has 0 rings (SSSR count). The van der Waals surface area contributed by atoms with Crippen LogP contribution in [0.15, 0.2) is 0 Å². The Labute approximate surface area is 74.7 Å². The number of nitrogens with two attached hydrogens (primary N) is 1. The highest BCUT2D eigenvalue weighted by atomic mass is 16.1. The lowest BCUT2D eigenvalue weighted by atomic mass is 10.1. The minimum absolute atomic E-state index is 0.0476. The predicted molar refractivity (Wildman–Crippen MR) is 51.1 cm³/mol. The molecule has 0 aromatic carbocycles. The highest BCUT2D eigenvalue weighted by Crippen LogP contribution is 1.98. The van der Waals surface area contributed by atoms with Gasteiger partial charge in [0.2, 0.25) is 0 Å². The molecule has 3 heteroatoms. The topological polar surface area (TPSA) is 55.1 Å². The zero-order valence-electron chi connectivity index (χ0n) is 8.31. The largest absolute Gasteiger partial charge is 0.329 e. The van der Waals surface area contributed by atoms with Gasteiger partial charge in [0.05, 0.1) is 0 Å². The van der Waals surface area contributed by atoms with Gasteiger partial charge < -0.3 is 11.1 Å². The van der Waals surface area contributed by atoms with Gasteiger partial charge in [-0.15, -0.1) is 0 Å². The summed E-state index contributed by atoms with van der Waals surface area (Å²) in [6.45, 7) is 7.27. The van der Waals surface area contributed by atoms with Gasteiger partial charge in [0, 0.05) is 31.5 Å². The zero-order valence-corrected chi connectivity index (χ0v) is 8.31. The summed E-state index contributed by atoms with van der Waals surface area (Å²) in [6.07, 6.45) is 1.24. The van der Waals surface area contributed by atoms with Crippen molar-refractivity contribution in [2.45, 2.75) is 39.2 Å². The van der Waals surface area contributed by atoms with Crippen molar-refractivity contribution in [3.8, 4) is 0 Å². The smallest absolute Gasteiger partial charge is 0.133 e. The zero-order chi connectivity index (χ0) is 9.61. The second-order valence-corrected chi connectivity index (χ2v) is 3.66. The summed E-state index contributed by atoms with van der Waals surface area (Å²) in [4.78, 5) is 10.9. The Morgan fingerprint density at radius 1 is 1.50 bits per heavy atom. The average molecular weight is 172 g/mol. The molecule has 0 saturated heterocycles. The van der Waals surface area contributed by atoms with E-state index in [0.29, 0.717) is 25.2 Å². The Morgan fingerprint density at radius 2 is 2.08 bits per heavy atom. The minimum Gasteiger partial charge on any atom is -0.329 e. The van der Waals surface area contributed by atoms with E-state index in [1.54, 1.807) is 0 Å². The van der Waals surface area contributed by atoms with Crippen molar-refractivity contribution in [3.05, 3.63) is 0 Å². The first-order valence-electron chi connectivity index (χ1n) is 4.48. The molecule has 0 unspecified atom stereocenters. The molecular weight excluding hydrogens is 152 g/mol. The highest BCUT2D eigenvalue weighted by molar-refractivity contribution is 5.78. The summed E-state index contributed by atoms with van der Waals surface area (Å²) in [5, 5.41) is 3.23. The van der Waals surface area contributed by atoms with Crippen LogP contribution in [0.2, 0.25) is 0 Å². The number of hydrogen-bond donors (Lipinski definition) is 2. The van der Waals surface area contributed by atoms with Crippen molar-refractivity contribution in [2.24, 2.45) is 5.73 Å². The van der Waals surface area contributed by atoms with Gasteiger partial charge in [0.25, 0.3) is 0 Å². The van der Waals surface area contributed by atoms with E-state index in [4.69, 9.17) is 5.73 Å². The van der Waals surface area contributed by atoms with Gasteiger partial charge in [-0.05, 0) is 13.8 Å². The van der Waals surface area contributed by atoms with Gasteiger partial charge in [-0.3, -0.25) is 4.79 Å². The molecule has 0 spiro atoms. The highest BCUT2D eigenvalue weighted by Gasteiger charge is 2.13. The Bertz CT molecular complexity index is 143. The molecule has 0 atom stereocenters. The first kappa shape index (κ1) is 11.6. The third kappa shape index (κ3) is 5.27. The first-order valence-corrected chi connectivity index (χ1v) is 4.48. The fourth-order valence-corrected chi connectivity index (χ4v) is 0.789. The summed E-state index contributed by atoms with van der Waals surface area (Å²) in [5.41, 5.74) is 5.46. The molecule has 0 radical (unpaired) electrons. The van der Waals surface area contributed by atoms with E-state index in [1.165, 1.54) is 0 Å². The van der Waals surface area contributed by atoms with Gasteiger partial charge in [-0.2, -0.15) is 0 Å². The van der Waals surface area contributed by atoms with E-state index < -0.39 is 0 Å². The Balaban J connectivity index is 3.49. The van der Waals surface area contributed by atoms with Crippen molar-refractivity contribution in [2.75, 3.05) is 13.1 Å². The SMILES string of the molecule is CCC(=O)CCNC(C)(C)CN. The van der Waals surface area contributed by atoms with Crippen molar-refractivity contribution < 1.29 is 4.79 Å². The fourth-order valence-electron chi connectivity index (χ4n) is 0.789. The molecule has 3 N–H and O–H groups in total. The normalized spacial score (nSPS) is 11.7. The molecule has 3 nitrogen and oxygen atoms in total. The lowest BCUT2D eigenvalue weighted by molar-refractivity contribution is -0.118. The maximum atomic E-state index is 10.9. The van der Waals surface area contributed by atoms with Crippen LogP contribution >= 0.6 is 0 Å². The van der Waals surface area contributed by atoms with Gasteiger partial charge in [0.15, 0.2) is 0 Å². The number of Topliss-reactive ketones (excluding diaryl/α,β-unsaturated/α-hetero) is 1. The van der Waals surface area contributed by atoms with Crippen LogP contribution in [0.5, 0.6) is 0 Å². The number of carbonyl (C=O) groups excluding carboxylic acids is 1. The number of hydrogen-bond acceptors (Lipinski definition) is 3. The van der Waals surface area contributed by atoms with E-state index in [1.807, 2.05) is 20.8 Å². The number of ketones is 1. The van der Waals surface area contributed by atoms with Crippen LogP contribution in [0.1, 0.15) is 33.6 Å². The van der Waals surface area contributed by atoms with Gasteiger partial charge in [-0.1, -0.05) is 6.92 Å². The summed E-state index contributed by atoms with van der Waals surface area (Å²) in [6, 6.07) is 0. The Morgan fingerprint density at radius 3 is 2.50 bits per heavy atom. The molecule has 0 fully saturated rings. The molecule has 0 aliphatic carbocycles. The van der Waals surface area contributed by atoms with Crippen molar-refractivity contribution >= 4 is 5.78 Å². The molecule has 0 bridgehead atoms. The summed E-state index contributed by atoms with van der Waals surface area (Å²) >= 11 is 0. The van der Waals surface area contributed by atoms with E-state index in [2.05, 4.69) is 5.32 Å². The standard InChI is InChI=1S/C9H20N2O/c1-4-8(12)5-6-11-9(2,3)7-10/h11H,4-7,10H2,1-3H3. The van der Waals surface area contributed by atoms with Gasteiger partial charge in [-0.25, -0.2) is 0 Å². The van der Waals surface area contributed by atoms with Crippen molar-refractivity contribution in [1.29, 1.82) is 0 Å². The van der Waals surface area contributed by atoms with Crippen LogP contribution in [0.3, 0.4) is 0 Å². The third-order valence-electron chi connectivity index (χ3n) is 1.91. The Kier molecular flexibility index (Phi) is 5.09. The minimum atomic E-state index is -0.0476. The van der Waals surface area contributed by atoms with Gasteiger partial charge >= 0.3 is 0 Å². The molecule has 0 saturated carbocycles. The van der Waals surface area contributed by atoms with Crippen molar-refractivity contribution in [3.63, 3.8) is 0 Å². The predicted octanol–water partition coefficient (Wildman–Crippen LogP) is 0.682. The lowest BCUT2D eigenvalue weighted by Gasteiger charge is -2.23. The molecule has 0 aromatic rings. The monoisotopic (exact) mass is 172 g/mol. The van der Waals surface area contributed by atoms with Crippen molar-refractivity contribution in [1.82, 2.24) is 5.32 Å². The van der Waals surface area contributed by atoms with Crippen LogP contribution < -0.4 is 11.1 Å². The second-order valence-electron chi connectivity index (χ2n) is 3.66. The number of rotatable bonds is 6. The van der Waals surface area contributed by atoms with Crippen LogP contribution in [-0.2, 0) is 4.79 Å². The summed E-state index contributed by atoms with van der Waals surface area (Å²) in [7, 11) is 0. The van der Waals surface area contributed by atoms with E-state index in [9.17, 15) is 4.79 Å². The van der Waals surface area contributed by atoms with Crippen LogP contribution in [0.4, 0.5) is 0 Å². The average Bonchev–Trinajstić information content (AvgIpc) is 2.04. The lowest BCUT2D eigenvalue weighted by Crippen LogP contribution is -2.46. The van der Waals surface area contributed by atoms with E-state index >= 15 is 0 Å². The van der Waals surface area contributed by atoms with Gasteiger partial charge in [0.1, 0.15) is 5.78 Å². The number of carbonyl (C=O) groups is 1. The summed E-state index contributed by atoms with van der Waals surface area (Å²) < 4.78 is 0. The maximum Gasteiger partial charge on any atom is 0.133 e. The molecule has 0 aromatic heterocycles. The maximum absolute atomic E-state index is 10.9. The third-order valence-corrected chi connectivity index (χ3v) is 1.91. The van der Waals surface area contributed by atoms with Crippen LogP contribution in [0, 0.1) is 0 Å². The fraction of sp³-hybridized carbons (Fsp3) is 0.889. The summed E-state index contributed by atoms with van der Waals surface area (Å²) in [5.74, 6) is 0.301. The Hall–Kier alpha value is -0.410. The van der Waals surface area contributed by atoms with Crippen LogP contribution in [-0.4, -0.2) is 24.4 Å². The molecule has 12 heavy (non-hydrogen) atoms. The molecule has 0 aliphatic heterocycles. The molecule has 0 amide bonds. The molecule has 0 aliphatic rings. The molecular formula is C9H20N2O.